The molecule has 2 aromatic rings. The predicted octanol–water partition coefficient (Wildman–Crippen LogP) is 4.35. The summed E-state index contributed by atoms with van der Waals surface area (Å²) < 4.78 is 0. The lowest BCUT2D eigenvalue weighted by Gasteiger charge is -2.10. The molecule has 1 N–H and O–H groups in total. The predicted molar refractivity (Wildman–Crippen MR) is 93.1 cm³/mol. The van der Waals surface area contributed by atoms with Crippen LogP contribution in [0, 0.1) is 0 Å². The minimum absolute atomic E-state index is 0.209. The number of hydrogen-bond donors (Lipinski definition) is 1. The van der Waals surface area contributed by atoms with Crippen molar-refractivity contribution in [2.45, 2.75) is 6.42 Å². The zero-order valence-corrected chi connectivity index (χ0v) is 14.1. The second-order valence-corrected chi connectivity index (χ2v) is 6.15. The summed E-state index contributed by atoms with van der Waals surface area (Å²) in [6.45, 7) is 0.995. The molecule has 0 saturated carbocycles. The van der Waals surface area contributed by atoms with E-state index in [9.17, 15) is 4.79 Å². The minimum Gasteiger partial charge on any atom is -0.322 e. The van der Waals surface area contributed by atoms with Crippen molar-refractivity contribution < 1.29 is 4.79 Å². The number of nitrogens with one attached hydrogen (secondary N) is 1. The number of carbonyl (C=O) groups excluding carboxylic acids is 1. The molecule has 0 fully saturated rings. The molecule has 2 rings (SSSR count). The molecule has 0 spiro atoms. The summed E-state index contributed by atoms with van der Waals surface area (Å²) in [6.07, 6.45) is 0.980. The Kier molecular flexibility index (Phi) is 5.83. The van der Waals surface area contributed by atoms with E-state index in [-0.39, 0.29) is 5.91 Å². The van der Waals surface area contributed by atoms with Gasteiger partial charge in [-0.3, -0.25) is 4.79 Å². The molecule has 0 saturated heterocycles. The largest absolute Gasteiger partial charge is 0.322 e. The summed E-state index contributed by atoms with van der Waals surface area (Å²) in [5, 5.41) is 3.65. The molecule has 0 aromatic heterocycles. The van der Waals surface area contributed by atoms with Gasteiger partial charge in [-0.05, 0) is 56.4 Å². The maximum Gasteiger partial charge on any atom is 0.255 e. The summed E-state index contributed by atoms with van der Waals surface area (Å²) in [6, 6.07) is 12.7. The Morgan fingerprint density at radius 3 is 2.32 bits per heavy atom. The van der Waals surface area contributed by atoms with Gasteiger partial charge in [-0.1, -0.05) is 35.3 Å². The van der Waals surface area contributed by atoms with Crippen molar-refractivity contribution in [2.24, 2.45) is 0 Å². The number of benzene rings is 2. The fraction of sp³-hybridized carbons (Fsp3) is 0.235. The van der Waals surface area contributed by atoms with Crippen LogP contribution in [0.15, 0.2) is 42.5 Å². The summed E-state index contributed by atoms with van der Waals surface area (Å²) in [4.78, 5) is 14.3. The second kappa shape index (κ2) is 7.63. The molecule has 0 aliphatic carbocycles. The van der Waals surface area contributed by atoms with Gasteiger partial charge < -0.3 is 10.2 Å². The molecule has 0 radical (unpaired) electrons. The van der Waals surface area contributed by atoms with E-state index >= 15 is 0 Å². The molecule has 1 amide bonds. The van der Waals surface area contributed by atoms with Crippen molar-refractivity contribution in [1.82, 2.24) is 4.90 Å². The van der Waals surface area contributed by atoms with Gasteiger partial charge >= 0.3 is 0 Å². The standard InChI is InChI=1S/C17H18Cl2N2O/c1-21(2)10-9-12-3-6-14(7-4-12)20-17(22)13-5-8-15(18)16(19)11-13/h3-8,11H,9-10H2,1-2H3,(H,20,22). The molecule has 22 heavy (non-hydrogen) atoms. The van der Waals surface area contributed by atoms with Crippen LogP contribution in [0.25, 0.3) is 0 Å². The van der Waals surface area contributed by atoms with Gasteiger partial charge in [0, 0.05) is 17.8 Å². The van der Waals surface area contributed by atoms with Crippen LogP contribution in [0.4, 0.5) is 5.69 Å². The Balaban J connectivity index is 2.00. The quantitative estimate of drug-likeness (QED) is 0.880. The first-order valence-electron chi connectivity index (χ1n) is 6.96. The highest BCUT2D eigenvalue weighted by atomic mass is 35.5. The van der Waals surface area contributed by atoms with E-state index in [0.29, 0.717) is 15.6 Å². The fourth-order valence-corrected chi connectivity index (χ4v) is 2.25. The zero-order valence-electron chi connectivity index (χ0n) is 12.6. The van der Waals surface area contributed by atoms with Gasteiger partial charge in [0.05, 0.1) is 10.0 Å². The third-order valence-corrected chi connectivity index (χ3v) is 3.98. The van der Waals surface area contributed by atoms with Crippen LogP contribution in [-0.4, -0.2) is 31.4 Å². The van der Waals surface area contributed by atoms with Gasteiger partial charge in [0.25, 0.3) is 5.91 Å². The number of rotatable bonds is 5. The third-order valence-electron chi connectivity index (χ3n) is 3.24. The van der Waals surface area contributed by atoms with Crippen LogP contribution in [0.3, 0.4) is 0 Å². The highest BCUT2D eigenvalue weighted by Crippen LogP contribution is 2.23. The lowest BCUT2D eigenvalue weighted by atomic mass is 10.1. The molecule has 2 aromatic carbocycles. The maximum atomic E-state index is 12.2. The molecule has 116 valence electrons. The fourth-order valence-electron chi connectivity index (χ4n) is 1.95. The lowest BCUT2D eigenvalue weighted by Crippen LogP contribution is -2.15. The Hall–Kier alpha value is -1.55. The van der Waals surface area contributed by atoms with Gasteiger partial charge in [-0.2, -0.15) is 0 Å². The van der Waals surface area contributed by atoms with Crippen LogP contribution in [0.2, 0.25) is 10.0 Å². The van der Waals surface area contributed by atoms with Gasteiger partial charge in [0.2, 0.25) is 0 Å². The van der Waals surface area contributed by atoms with Crippen LogP contribution >= 0.6 is 23.2 Å². The van der Waals surface area contributed by atoms with E-state index in [4.69, 9.17) is 23.2 Å². The SMILES string of the molecule is CN(C)CCc1ccc(NC(=O)c2ccc(Cl)c(Cl)c2)cc1. The number of amides is 1. The Labute approximate surface area is 140 Å². The smallest absolute Gasteiger partial charge is 0.255 e. The van der Waals surface area contributed by atoms with Gasteiger partial charge in [0.1, 0.15) is 0 Å². The highest BCUT2D eigenvalue weighted by Gasteiger charge is 2.08. The third kappa shape index (κ3) is 4.73. The van der Waals surface area contributed by atoms with E-state index in [0.717, 1.165) is 18.7 Å². The average molecular weight is 337 g/mol. The molecule has 3 nitrogen and oxygen atoms in total. The summed E-state index contributed by atoms with van der Waals surface area (Å²) in [5.41, 5.74) is 2.47. The van der Waals surface area contributed by atoms with Crippen molar-refractivity contribution in [3.63, 3.8) is 0 Å². The second-order valence-electron chi connectivity index (χ2n) is 5.33. The monoisotopic (exact) mass is 336 g/mol. The van der Waals surface area contributed by atoms with Crippen LogP contribution < -0.4 is 5.32 Å². The zero-order chi connectivity index (χ0) is 16.1. The average Bonchev–Trinajstić information content (AvgIpc) is 2.49. The van der Waals surface area contributed by atoms with Crippen LogP contribution in [0.1, 0.15) is 15.9 Å². The van der Waals surface area contributed by atoms with Crippen molar-refractivity contribution in [3.05, 3.63) is 63.6 Å². The first-order valence-corrected chi connectivity index (χ1v) is 7.71. The summed E-state index contributed by atoms with van der Waals surface area (Å²) >= 11 is 11.8. The van der Waals surface area contributed by atoms with Gasteiger partial charge in [0.15, 0.2) is 0 Å². The number of anilines is 1. The number of hydrogen-bond acceptors (Lipinski definition) is 2. The highest BCUT2D eigenvalue weighted by molar-refractivity contribution is 6.42. The van der Waals surface area contributed by atoms with Crippen molar-refractivity contribution >= 4 is 34.8 Å². The van der Waals surface area contributed by atoms with E-state index in [1.165, 1.54) is 5.56 Å². The first-order chi connectivity index (χ1) is 10.5. The summed E-state index contributed by atoms with van der Waals surface area (Å²) in [5.74, 6) is -0.209. The van der Waals surface area contributed by atoms with E-state index < -0.39 is 0 Å². The molecule has 0 aliphatic rings. The maximum absolute atomic E-state index is 12.2. The van der Waals surface area contributed by atoms with E-state index in [1.807, 2.05) is 38.4 Å². The number of carbonyl (C=O) groups is 1. The summed E-state index contributed by atoms with van der Waals surface area (Å²) in [7, 11) is 4.09. The Morgan fingerprint density at radius 1 is 1.05 bits per heavy atom. The van der Waals surface area contributed by atoms with Crippen LogP contribution in [-0.2, 0) is 6.42 Å². The van der Waals surface area contributed by atoms with Crippen molar-refractivity contribution in [3.8, 4) is 0 Å². The number of likely N-dealkylation sites (N-methyl/N-ethyl adjacent to an activating group) is 1. The molecular weight excluding hydrogens is 319 g/mol. The van der Waals surface area contributed by atoms with E-state index in [1.54, 1.807) is 18.2 Å². The van der Waals surface area contributed by atoms with Crippen molar-refractivity contribution in [2.75, 3.05) is 26.0 Å². The van der Waals surface area contributed by atoms with E-state index in [2.05, 4.69) is 10.2 Å². The molecular formula is C17H18Cl2N2O. The molecule has 0 heterocycles. The molecule has 5 heteroatoms. The van der Waals surface area contributed by atoms with Gasteiger partial charge in [-0.15, -0.1) is 0 Å². The molecule has 0 aliphatic heterocycles. The van der Waals surface area contributed by atoms with Crippen molar-refractivity contribution in [1.29, 1.82) is 0 Å². The minimum atomic E-state index is -0.209. The number of halogens is 2. The topological polar surface area (TPSA) is 32.3 Å². The lowest BCUT2D eigenvalue weighted by molar-refractivity contribution is 0.102. The Bertz CT molecular complexity index is 654. The molecule has 0 atom stereocenters. The van der Waals surface area contributed by atoms with Crippen LogP contribution in [0.5, 0.6) is 0 Å². The normalized spacial score (nSPS) is 10.8. The first kappa shape index (κ1) is 16.8. The van der Waals surface area contributed by atoms with Gasteiger partial charge in [-0.25, -0.2) is 0 Å². The molecule has 0 unspecified atom stereocenters. The Morgan fingerprint density at radius 2 is 1.73 bits per heavy atom. The molecule has 0 bridgehead atoms. The number of nitrogens with zero attached hydrogens (tertiary/aromatic N) is 1.